The third-order valence-corrected chi connectivity index (χ3v) is 3.87. The molecule has 2 aromatic rings. The zero-order valence-corrected chi connectivity index (χ0v) is 11.5. The first kappa shape index (κ1) is 13.2. The van der Waals surface area contributed by atoms with E-state index in [1.165, 1.54) is 16.9 Å². The van der Waals surface area contributed by atoms with Crippen molar-refractivity contribution in [2.75, 3.05) is 6.54 Å². The standard InChI is InChI=1S/C14H19N3S/c1-2-17-14(12-9-15-11-16-10-12)7-3-5-13-6-4-8-18-13/h4,6,8-11,14,17H,2-3,5,7H2,1H3. The molecule has 4 heteroatoms. The third-order valence-electron chi connectivity index (χ3n) is 2.93. The first-order chi connectivity index (χ1) is 8.90. The molecule has 0 saturated heterocycles. The summed E-state index contributed by atoms with van der Waals surface area (Å²) in [5.74, 6) is 0. The van der Waals surface area contributed by atoms with Crippen molar-refractivity contribution in [1.29, 1.82) is 0 Å². The monoisotopic (exact) mass is 261 g/mol. The molecule has 0 spiro atoms. The summed E-state index contributed by atoms with van der Waals surface area (Å²) in [6.45, 7) is 3.11. The fraction of sp³-hybridized carbons (Fsp3) is 0.429. The predicted octanol–water partition coefficient (Wildman–Crippen LogP) is 3.21. The van der Waals surface area contributed by atoms with Crippen molar-refractivity contribution in [3.8, 4) is 0 Å². The predicted molar refractivity (Wildman–Crippen MR) is 75.7 cm³/mol. The van der Waals surface area contributed by atoms with Gasteiger partial charge in [0.25, 0.3) is 0 Å². The van der Waals surface area contributed by atoms with Gasteiger partial charge in [-0.15, -0.1) is 11.3 Å². The minimum atomic E-state index is 0.371. The Kier molecular flexibility index (Phi) is 5.30. The van der Waals surface area contributed by atoms with Gasteiger partial charge in [-0.3, -0.25) is 0 Å². The van der Waals surface area contributed by atoms with Crippen LogP contribution < -0.4 is 5.32 Å². The van der Waals surface area contributed by atoms with E-state index in [2.05, 4.69) is 39.7 Å². The van der Waals surface area contributed by atoms with Crippen LogP contribution in [-0.4, -0.2) is 16.5 Å². The lowest BCUT2D eigenvalue weighted by atomic mass is 10.0. The quantitative estimate of drug-likeness (QED) is 0.831. The summed E-state index contributed by atoms with van der Waals surface area (Å²) >= 11 is 1.84. The van der Waals surface area contributed by atoms with Crippen LogP contribution in [0.15, 0.2) is 36.2 Å². The molecule has 2 rings (SSSR count). The van der Waals surface area contributed by atoms with E-state index < -0.39 is 0 Å². The van der Waals surface area contributed by atoms with Gasteiger partial charge < -0.3 is 5.32 Å². The molecule has 1 atom stereocenters. The first-order valence-corrected chi connectivity index (χ1v) is 7.28. The van der Waals surface area contributed by atoms with Crippen LogP contribution in [0.5, 0.6) is 0 Å². The molecule has 2 heterocycles. The summed E-state index contributed by atoms with van der Waals surface area (Å²) in [6.07, 6.45) is 8.87. The van der Waals surface area contributed by atoms with E-state index in [4.69, 9.17) is 0 Å². The molecule has 0 aliphatic carbocycles. The lowest BCUT2D eigenvalue weighted by Gasteiger charge is -2.17. The van der Waals surface area contributed by atoms with E-state index in [1.807, 2.05) is 23.7 Å². The summed E-state index contributed by atoms with van der Waals surface area (Å²) in [5, 5.41) is 5.64. The molecule has 0 aliphatic heterocycles. The van der Waals surface area contributed by atoms with E-state index >= 15 is 0 Å². The molecule has 1 N–H and O–H groups in total. The molecule has 0 amide bonds. The number of nitrogens with one attached hydrogen (secondary N) is 1. The van der Waals surface area contributed by atoms with Crippen molar-refractivity contribution in [3.05, 3.63) is 46.7 Å². The number of hydrogen-bond acceptors (Lipinski definition) is 4. The summed E-state index contributed by atoms with van der Waals surface area (Å²) in [7, 11) is 0. The Bertz CT molecular complexity index is 428. The molecule has 1 unspecified atom stereocenters. The smallest absolute Gasteiger partial charge is 0.115 e. The number of aryl methyl sites for hydroxylation is 1. The first-order valence-electron chi connectivity index (χ1n) is 6.41. The topological polar surface area (TPSA) is 37.8 Å². The number of hydrogen-bond donors (Lipinski definition) is 1. The average molecular weight is 261 g/mol. The van der Waals surface area contributed by atoms with Gasteiger partial charge in [0.2, 0.25) is 0 Å². The minimum Gasteiger partial charge on any atom is -0.310 e. The van der Waals surface area contributed by atoms with Gasteiger partial charge in [0.1, 0.15) is 6.33 Å². The van der Waals surface area contributed by atoms with Gasteiger partial charge in [0.05, 0.1) is 0 Å². The molecular formula is C14H19N3S. The zero-order valence-electron chi connectivity index (χ0n) is 10.7. The number of aromatic nitrogens is 2. The third kappa shape index (κ3) is 3.89. The van der Waals surface area contributed by atoms with Gasteiger partial charge in [-0.05, 0) is 37.3 Å². The minimum absolute atomic E-state index is 0.371. The van der Waals surface area contributed by atoms with Gasteiger partial charge >= 0.3 is 0 Å². The molecule has 0 aliphatic rings. The SMILES string of the molecule is CCNC(CCCc1cccs1)c1cncnc1. The highest BCUT2D eigenvalue weighted by Gasteiger charge is 2.10. The fourth-order valence-electron chi connectivity index (χ4n) is 2.06. The lowest BCUT2D eigenvalue weighted by Crippen LogP contribution is -2.21. The number of rotatable bonds is 7. The number of thiophene rings is 1. The van der Waals surface area contributed by atoms with Gasteiger partial charge in [-0.2, -0.15) is 0 Å². The Morgan fingerprint density at radius 2 is 2.17 bits per heavy atom. The normalized spacial score (nSPS) is 12.5. The molecule has 3 nitrogen and oxygen atoms in total. The average Bonchev–Trinajstić information content (AvgIpc) is 2.92. The molecule has 0 fully saturated rings. The summed E-state index contributed by atoms with van der Waals surface area (Å²) < 4.78 is 0. The second kappa shape index (κ2) is 7.24. The molecule has 18 heavy (non-hydrogen) atoms. The van der Waals surface area contributed by atoms with Crippen LogP contribution in [0.1, 0.15) is 36.2 Å². The van der Waals surface area contributed by atoms with E-state index in [-0.39, 0.29) is 0 Å². The molecular weight excluding hydrogens is 242 g/mol. The van der Waals surface area contributed by atoms with E-state index in [9.17, 15) is 0 Å². The molecule has 0 radical (unpaired) electrons. The van der Waals surface area contributed by atoms with Crippen molar-refractivity contribution < 1.29 is 0 Å². The largest absolute Gasteiger partial charge is 0.310 e. The Morgan fingerprint density at radius 1 is 1.33 bits per heavy atom. The van der Waals surface area contributed by atoms with Crippen LogP contribution in [-0.2, 0) is 6.42 Å². The van der Waals surface area contributed by atoms with Crippen LogP contribution in [0, 0.1) is 0 Å². The Morgan fingerprint density at radius 3 is 2.83 bits per heavy atom. The molecule has 2 aromatic heterocycles. The van der Waals surface area contributed by atoms with Crippen molar-refractivity contribution in [2.45, 2.75) is 32.2 Å². The Labute approximate surface area is 112 Å². The van der Waals surface area contributed by atoms with E-state index in [1.54, 1.807) is 6.33 Å². The molecule has 96 valence electrons. The second-order valence-electron chi connectivity index (χ2n) is 4.25. The second-order valence-corrected chi connectivity index (χ2v) is 5.29. The number of nitrogens with zero attached hydrogens (tertiary/aromatic N) is 2. The summed E-state index contributed by atoms with van der Waals surface area (Å²) in [6, 6.07) is 4.70. The van der Waals surface area contributed by atoms with E-state index in [0.717, 1.165) is 19.4 Å². The maximum absolute atomic E-state index is 4.10. The highest BCUT2D eigenvalue weighted by Crippen LogP contribution is 2.19. The zero-order chi connectivity index (χ0) is 12.6. The highest BCUT2D eigenvalue weighted by molar-refractivity contribution is 7.09. The van der Waals surface area contributed by atoms with Gasteiger partial charge in [0.15, 0.2) is 0 Å². The molecule has 0 bridgehead atoms. The van der Waals surface area contributed by atoms with Crippen molar-refractivity contribution in [2.24, 2.45) is 0 Å². The fourth-order valence-corrected chi connectivity index (χ4v) is 2.81. The van der Waals surface area contributed by atoms with Gasteiger partial charge in [-0.1, -0.05) is 13.0 Å². The highest BCUT2D eigenvalue weighted by atomic mass is 32.1. The van der Waals surface area contributed by atoms with Gasteiger partial charge in [-0.25, -0.2) is 9.97 Å². The molecule has 0 saturated carbocycles. The Hall–Kier alpha value is -1.26. The Balaban J connectivity index is 1.87. The summed E-state index contributed by atoms with van der Waals surface area (Å²) in [5.41, 5.74) is 1.19. The van der Waals surface area contributed by atoms with Crippen molar-refractivity contribution in [3.63, 3.8) is 0 Å². The van der Waals surface area contributed by atoms with Crippen molar-refractivity contribution in [1.82, 2.24) is 15.3 Å². The van der Waals surface area contributed by atoms with Crippen LogP contribution in [0.4, 0.5) is 0 Å². The van der Waals surface area contributed by atoms with Crippen LogP contribution in [0.3, 0.4) is 0 Å². The van der Waals surface area contributed by atoms with Crippen molar-refractivity contribution >= 4 is 11.3 Å². The van der Waals surface area contributed by atoms with Crippen LogP contribution in [0.25, 0.3) is 0 Å². The van der Waals surface area contributed by atoms with E-state index in [0.29, 0.717) is 6.04 Å². The summed E-state index contributed by atoms with van der Waals surface area (Å²) in [4.78, 5) is 9.66. The lowest BCUT2D eigenvalue weighted by molar-refractivity contribution is 0.496. The van der Waals surface area contributed by atoms with Crippen LogP contribution >= 0.6 is 11.3 Å². The van der Waals surface area contributed by atoms with Gasteiger partial charge in [0, 0.05) is 28.9 Å². The maximum Gasteiger partial charge on any atom is 0.115 e. The molecule has 0 aromatic carbocycles. The van der Waals surface area contributed by atoms with Crippen LogP contribution in [0.2, 0.25) is 0 Å². The maximum atomic E-state index is 4.10.